The van der Waals surface area contributed by atoms with Crippen LogP contribution < -0.4 is 10.6 Å². The van der Waals surface area contributed by atoms with E-state index in [0.717, 1.165) is 11.3 Å². The Balaban J connectivity index is 1.88. The molecule has 0 atom stereocenters. The van der Waals surface area contributed by atoms with Gasteiger partial charge in [-0.3, -0.25) is 15.0 Å². The summed E-state index contributed by atoms with van der Waals surface area (Å²) >= 11 is 1.52. The van der Waals surface area contributed by atoms with Crippen LogP contribution >= 0.6 is 11.3 Å². The van der Waals surface area contributed by atoms with E-state index in [1.807, 2.05) is 43.2 Å². The second-order valence-electron chi connectivity index (χ2n) is 6.34. The molecule has 0 aliphatic heterocycles. The van der Waals surface area contributed by atoms with Crippen LogP contribution in [0.15, 0.2) is 21.9 Å². The number of hydrogen-bond acceptors (Lipinski definition) is 7. The van der Waals surface area contributed by atoms with Gasteiger partial charge in [0.05, 0.1) is 18.0 Å². The molecule has 0 fully saturated rings. The van der Waals surface area contributed by atoms with Crippen LogP contribution in [0.4, 0.5) is 4.79 Å². The van der Waals surface area contributed by atoms with Crippen molar-refractivity contribution in [3.63, 3.8) is 0 Å². The van der Waals surface area contributed by atoms with E-state index >= 15 is 0 Å². The number of thiophene rings is 1. The first-order valence-corrected chi connectivity index (χ1v) is 9.52. The first-order valence-electron chi connectivity index (χ1n) is 8.64. The molecule has 2 heterocycles. The summed E-state index contributed by atoms with van der Waals surface area (Å²) in [6.45, 7) is 7.63. The van der Waals surface area contributed by atoms with E-state index in [-0.39, 0.29) is 12.5 Å². The van der Waals surface area contributed by atoms with Crippen molar-refractivity contribution in [1.82, 2.24) is 25.7 Å². The van der Waals surface area contributed by atoms with Crippen LogP contribution in [0.25, 0.3) is 10.8 Å². The number of carbonyl (C=O) groups excluding carboxylic acids is 2. The average molecular weight is 379 g/mol. The van der Waals surface area contributed by atoms with E-state index < -0.39 is 6.03 Å². The van der Waals surface area contributed by atoms with Crippen LogP contribution in [0.5, 0.6) is 0 Å². The molecule has 0 unspecified atom stereocenters. The lowest BCUT2D eigenvalue weighted by atomic mass is 10.2. The summed E-state index contributed by atoms with van der Waals surface area (Å²) in [5.41, 5.74) is 0. The van der Waals surface area contributed by atoms with Crippen molar-refractivity contribution in [2.45, 2.75) is 33.7 Å². The summed E-state index contributed by atoms with van der Waals surface area (Å²) in [5, 5.41) is 15.0. The van der Waals surface area contributed by atoms with Crippen molar-refractivity contribution in [3.05, 3.63) is 23.4 Å². The fourth-order valence-electron chi connectivity index (χ4n) is 2.25. The van der Waals surface area contributed by atoms with Gasteiger partial charge >= 0.3 is 6.03 Å². The maximum Gasteiger partial charge on any atom is 0.321 e. The van der Waals surface area contributed by atoms with Crippen LogP contribution in [-0.4, -0.2) is 46.7 Å². The zero-order chi connectivity index (χ0) is 18.9. The molecule has 0 saturated carbocycles. The first-order chi connectivity index (χ1) is 12.5. The SMILES string of the molecule is CCCN(CC(=O)NC(=O)NCC(C)C)Cc1nnc(-c2cccs2)o1. The highest BCUT2D eigenvalue weighted by Crippen LogP contribution is 2.23. The number of hydrogen-bond donors (Lipinski definition) is 2. The van der Waals surface area contributed by atoms with Crippen molar-refractivity contribution < 1.29 is 14.0 Å². The lowest BCUT2D eigenvalue weighted by Crippen LogP contribution is -2.45. The Morgan fingerprint density at radius 2 is 2.15 bits per heavy atom. The molecule has 0 bridgehead atoms. The highest BCUT2D eigenvalue weighted by atomic mass is 32.1. The maximum atomic E-state index is 12.1. The van der Waals surface area contributed by atoms with Gasteiger partial charge in [-0.05, 0) is 30.3 Å². The fraction of sp³-hybridized carbons (Fsp3) is 0.529. The Kier molecular flexibility index (Phi) is 7.73. The number of amides is 3. The third kappa shape index (κ3) is 6.57. The van der Waals surface area contributed by atoms with Crippen molar-refractivity contribution >= 4 is 23.3 Å². The number of nitrogens with zero attached hydrogens (tertiary/aromatic N) is 3. The van der Waals surface area contributed by atoms with E-state index in [0.29, 0.717) is 37.3 Å². The lowest BCUT2D eigenvalue weighted by Gasteiger charge is -2.19. The first kappa shape index (κ1) is 20.1. The quantitative estimate of drug-likeness (QED) is 0.694. The summed E-state index contributed by atoms with van der Waals surface area (Å²) in [6.07, 6.45) is 0.860. The number of nitrogens with one attached hydrogen (secondary N) is 2. The van der Waals surface area contributed by atoms with Gasteiger partial charge in [-0.15, -0.1) is 21.5 Å². The van der Waals surface area contributed by atoms with Gasteiger partial charge in [-0.25, -0.2) is 4.79 Å². The topological polar surface area (TPSA) is 100 Å². The van der Waals surface area contributed by atoms with Gasteiger partial charge in [0, 0.05) is 6.54 Å². The molecule has 2 aromatic rings. The Labute approximate surface area is 157 Å². The normalized spacial score (nSPS) is 11.1. The molecular weight excluding hydrogens is 354 g/mol. The van der Waals surface area contributed by atoms with Gasteiger partial charge in [0.25, 0.3) is 5.89 Å². The number of imide groups is 1. The summed E-state index contributed by atoms with van der Waals surface area (Å²) < 4.78 is 5.67. The van der Waals surface area contributed by atoms with E-state index in [1.54, 1.807) is 0 Å². The molecule has 2 aromatic heterocycles. The highest BCUT2D eigenvalue weighted by molar-refractivity contribution is 7.13. The predicted molar refractivity (Wildman–Crippen MR) is 99.6 cm³/mol. The molecule has 142 valence electrons. The number of carbonyl (C=O) groups is 2. The van der Waals surface area contributed by atoms with Crippen LogP contribution in [0.2, 0.25) is 0 Å². The fourth-order valence-corrected chi connectivity index (χ4v) is 2.89. The molecule has 0 aliphatic carbocycles. The molecule has 0 saturated heterocycles. The monoisotopic (exact) mass is 379 g/mol. The van der Waals surface area contributed by atoms with Crippen molar-refractivity contribution in [1.29, 1.82) is 0 Å². The Hall–Kier alpha value is -2.26. The third-order valence-electron chi connectivity index (χ3n) is 3.39. The Morgan fingerprint density at radius 3 is 2.81 bits per heavy atom. The zero-order valence-electron chi connectivity index (χ0n) is 15.3. The van der Waals surface area contributed by atoms with Gasteiger partial charge < -0.3 is 9.73 Å². The molecule has 2 rings (SSSR count). The molecular formula is C17H25N5O3S. The zero-order valence-corrected chi connectivity index (χ0v) is 16.1. The van der Waals surface area contributed by atoms with Crippen molar-refractivity contribution in [2.24, 2.45) is 5.92 Å². The van der Waals surface area contributed by atoms with Gasteiger partial charge in [0.15, 0.2) is 0 Å². The molecule has 26 heavy (non-hydrogen) atoms. The minimum absolute atomic E-state index is 0.0830. The Bertz CT molecular complexity index is 699. The summed E-state index contributed by atoms with van der Waals surface area (Å²) in [7, 11) is 0. The summed E-state index contributed by atoms with van der Waals surface area (Å²) in [4.78, 5) is 26.6. The molecule has 0 aromatic carbocycles. The number of urea groups is 1. The largest absolute Gasteiger partial charge is 0.419 e. The average Bonchev–Trinajstić information content (AvgIpc) is 3.24. The molecule has 0 aliphatic rings. The molecule has 9 heteroatoms. The van der Waals surface area contributed by atoms with Gasteiger partial charge in [0.1, 0.15) is 0 Å². The van der Waals surface area contributed by atoms with Gasteiger partial charge in [0.2, 0.25) is 11.8 Å². The van der Waals surface area contributed by atoms with Crippen LogP contribution in [-0.2, 0) is 11.3 Å². The predicted octanol–water partition coefficient (Wildman–Crippen LogP) is 2.49. The van der Waals surface area contributed by atoms with E-state index in [4.69, 9.17) is 4.42 Å². The minimum Gasteiger partial charge on any atom is -0.419 e. The van der Waals surface area contributed by atoms with Crippen LogP contribution in [0.3, 0.4) is 0 Å². The third-order valence-corrected chi connectivity index (χ3v) is 4.25. The van der Waals surface area contributed by atoms with E-state index in [2.05, 4.69) is 20.8 Å². The standard InChI is InChI=1S/C17H25N5O3S/c1-4-7-22(10-14(23)19-17(24)18-9-12(2)3)11-15-20-21-16(25-15)13-6-5-8-26-13/h5-6,8,12H,4,7,9-11H2,1-3H3,(H2,18,19,23,24). The molecule has 0 spiro atoms. The van der Waals surface area contributed by atoms with Gasteiger partial charge in [-0.1, -0.05) is 26.8 Å². The molecule has 3 amide bonds. The molecule has 2 N–H and O–H groups in total. The smallest absolute Gasteiger partial charge is 0.321 e. The Morgan fingerprint density at radius 1 is 1.35 bits per heavy atom. The minimum atomic E-state index is -0.474. The molecule has 8 nitrogen and oxygen atoms in total. The van der Waals surface area contributed by atoms with E-state index in [9.17, 15) is 9.59 Å². The lowest BCUT2D eigenvalue weighted by molar-refractivity contribution is -0.121. The van der Waals surface area contributed by atoms with Crippen molar-refractivity contribution in [2.75, 3.05) is 19.6 Å². The summed E-state index contributed by atoms with van der Waals surface area (Å²) in [6, 6.07) is 3.36. The molecule has 0 radical (unpaired) electrons. The summed E-state index contributed by atoms with van der Waals surface area (Å²) in [5.74, 6) is 0.878. The van der Waals surface area contributed by atoms with Crippen LogP contribution in [0.1, 0.15) is 33.1 Å². The van der Waals surface area contributed by atoms with Gasteiger partial charge in [-0.2, -0.15) is 0 Å². The second kappa shape index (κ2) is 10.0. The number of aromatic nitrogens is 2. The second-order valence-corrected chi connectivity index (χ2v) is 7.29. The number of rotatable bonds is 9. The van der Waals surface area contributed by atoms with Crippen molar-refractivity contribution in [3.8, 4) is 10.8 Å². The van der Waals surface area contributed by atoms with Crippen LogP contribution in [0, 0.1) is 5.92 Å². The van der Waals surface area contributed by atoms with E-state index in [1.165, 1.54) is 11.3 Å². The highest BCUT2D eigenvalue weighted by Gasteiger charge is 2.17. The maximum absolute atomic E-state index is 12.1.